The minimum absolute atomic E-state index is 0.0580. The molecule has 0 saturated heterocycles. The zero-order valence-electron chi connectivity index (χ0n) is 20.5. The van der Waals surface area contributed by atoms with Crippen molar-refractivity contribution in [3.05, 3.63) is 47.4 Å². The Balaban J connectivity index is 1.46. The maximum absolute atomic E-state index is 13.3. The third-order valence-corrected chi connectivity index (χ3v) is 6.86. The van der Waals surface area contributed by atoms with Crippen LogP contribution in [0.2, 0.25) is 0 Å². The lowest BCUT2D eigenvalue weighted by atomic mass is 9.92. The van der Waals surface area contributed by atoms with Crippen molar-refractivity contribution in [1.82, 2.24) is 24.6 Å². The molecule has 1 amide bonds. The monoisotopic (exact) mass is 486 g/mol. The van der Waals surface area contributed by atoms with E-state index in [1.165, 1.54) is 0 Å². The molecule has 3 aromatic rings. The molecule has 1 aromatic carbocycles. The van der Waals surface area contributed by atoms with Crippen LogP contribution in [-0.2, 0) is 6.54 Å². The average Bonchev–Trinajstić information content (AvgIpc) is 3.43. The van der Waals surface area contributed by atoms with Gasteiger partial charge in [-0.2, -0.15) is 10.4 Å². The Morgan fingerprint density at radius 2 is 2.19 bits per heavy atom. The SMILES string of the molecule is CC(C)N1CCCn2ncc(Nc3nccc(-c4cc(C#N)c5c(c4)[C@H](CCCO)CN5)n3)c2C1=O. The number of carbonyl (C=O) groups excluding carboxylic acids is 1. The fraction of sp³-hybridized carbons (Fsp3) is 0.423. The van der Waals surface area contributed by atoms with E-state index in [2.05, 4.69) is 32.9 Å². The van der Waals surface area contributed by atoms with Crippen LogP contribution in [-0.4, -0.2) is 61.4 Å². The van der Waals surface area contributed by atoms with Crippen LogP contribution in [0.15, 0.2) is 30.6 Å². The normalized spacial score (nSPS) is 16.8. The van der Waals surface area contributed by atoms with Crippen molar-refractivity contribution in [2.75, 3.05) is 30.3 Å². The number of aromatic nitrogens is 4. The Bertz CT molecular complexity index is 1330. The lowest BCUT2D eigenvalue weighted by Crippen LogP contribution is -2.37. The maximum atomic E-state index is 13.3. The minimum Gasteiger partial charge on any atom is -0.396 e. The molecule has 4 heterocycles. The molecule has 0 saturated carbocycles. The van der Waals surface area contributed by atoms with Crippen molar-refractivity contribution in [3.8, 4) is 17.3 Å². The van der Waals surface area contributed by atoms with Gasteiger partial charge >= 0.3 is 0 Å². The summed E-state index contributed by atoms with van der Waals surface area (Å²) in [6.07, 6.45) is 5.71. The highest BCUT2D eigenvalue weighted by molar-refractivity contribution is 5.98. The Morgan fingerprint density at radius 1 is 1.33 bits per heavy atom. The first-order chi connectivity index (χ1) is 17.5. The van der Waals surface area contributed by atoms with Crippen LogP contribution in [0, 0.1) is 11.3 Å². The van der Waals surface area contributed by atoms with Gasteiger partial charge in [0.1, 0.15) is 11.8 Å². The van der Waals surface area contributed by atoms with Gasteiger partial charge in [-0.05, 0) is 56.9 Å². The van der Waals surface area contributed by atoms with Gasteiger partial charge in [-0.3, -0.25) is 9.48 Å². The number of aliphatic hydroxyl groups is 1. The van der Waals surface area contributed by atoms with Gasteiger partial charge in [0.05, 0.1) is 28.8 Å². The van der Waals surface area contributed by atoms with Gasteiger partial charge in [-0.25, -0.2) is 9.97 Å². The lowest BCUT2D eigenvalue weighted by Gasteiger charge is -2.24. The predicted molar refractivity (Wildman–Crippen MR) is 136 cm³/mol. The maximum Gasteiger partial charge on any atom is 0.274 e. The third-order valence-electron chi connectivity index (χ3n) is 6.86. The molecular weight excluding hydrogens is 456 g/mol. The number of hydrogen-bond donors (Lipinski definition) is 3. The van der Waals surface area contributed by atoms with Gasteiger partial charge in [-0.15, -0.1) is 0 Å². The molecule has 10 heteroatoms. The molecule has 5 rings (SSSR count). The highest BCUT2D eigenvalue weighted by atomic mass is 16.3. The summed E-state index contributed by atoms with van der Waals surface area (Å²) in [5.41, 5.74) is 5.10. The van der Waals surface area contributed by atoms with Gasteiger partial charge in [0.2, 0.25) is 5.95 Å². The smallest absolute Gasteiger partial charge is 0.274 e. The number of aliphatic hydroxyl groups excluding tert-OH is 1. The average molecular weight is 487 g/mol. The predicted octanol–water partition coefficient (Wildman–Crippen LogP) is 3.49. The van der Waals surface area contributed by atoms with E-state index in [1.807, 2.05) is 30.9 Å². The summed E-state index contributed by atoms with van der Waals surface area (Å²) in [7, 11) is 0. The van der Waals surface area contributed by atoms with Crippen LogP contribution >= 0.6 is 0 Å². The second-order valence-corrected chi connectivity index (χ2v) is 9.51. The van der Waals surface area contributed by atoms with Gasteiger partial charge in [-0.1, -0.05) is 0 Å². The number of carbonyl (C=O) groups is 1. The van der Waals surface area contributed by atoms with Crippen molar-refractivity contribution in [2.24, 2.45) is 0 Å². The van der Waals surface area contributed by atoms with E-state index in [1.54, 1.807) is 17.1 Å². The molecule has 0 aliphatic carbocycles. The molecule has 2 aliphatic heterocycles. The second kappa shape index (κ2) is 9.95. The van der Waals surface area contributed by atoms with Crippen LogP contribution in [0.5, 0.6) is 0 Å². The van der Waals surface area contributed by atoms with Crippen LogP contribution in [0.1, 0.15) is 60.6 Å². The Morgan fingerprint density at radius 3 is 2.97 bits per heavy atom. The number of anilines is 3. The van der Waals surface area contributed by atoms with E-state index < -0.39 is 0 Å². The molecule has 0 unspecified atom stereocenters. The number of nitriles is 1. The van der Waals surface area contributed by atoms with Crippen molar-refractivity contribution in [2.45, 2.75) is 51.6 Å². The zero-order chi connectivity index (χ0) is 25.2. The highest BCUT2D eigenvalue weighted by Gasteiger charge is 2.29. The van der Waals surface area contributed by atoms with Crippen molar-refractivity contribution in [3.63, 3.8) is 0 Å². The lowest BCUT2D eigenvalue weighted by molar-refractivity contribution is 0.0710. The van der Waals surface area contributed by atoms with E-state index in [9.17, 15) is 15.2 Å². The molecule has 36 heavy (non-hydrogen) atoms. The minimum atomic E-state index is -0.0580. The second-order valence-electron chi connectivity index (χ2n) is 9.51. The number of hydrogen-bond acceptors (Lipinski definition) is 8. The largest absolute Gasteiger partial charge is 0.396 e. The van der Waals surface area contributed by atoms with Crippen molar-refractivity contribution in [1.29, 1.82) is 5.26 Å². The molecule has 10 nitrogen and oxygen atoms in total. The summed E-state index contributed by atoms with van der Waals surface area (Å²) in [6, 6.07) is 8.11. The fourth-order valence-corrected chi connectivity index (χ4v) is 5.04. The van der Waals surface area contributed by atoms with Gasteiger partial charge in [0, 0.05) is 50.0 Å². The molecule has 0 fully saturated rings. The Hall–Kier alpha value is -3.97. The number of benzene rings is 1. The molecular formula is C26H30N8O2. The summed E-state index contributed by atoms with van der Waals surface area (Å²) < 4.78 is 1.75. The summed E-state index contributed by atoms with van der Waals surface area (Å²) in [4.78, 5) is 24.2. The standard InChI is InChI=1S/C26H30N8O2/c1-16(2)33-8-4-9-34-24(25(33)36)22(15-30-34)32-26-28-7-6-21(31-26)18-11-19(13-27)23-20(12-18)17(14-29-23)5-3-10-35/h6-7,11-12,15-17,29,35H,3-5,8-10,14H2,1-2H3,(H,28,31,32)/t17-/m1/s1. The molecule has 0 bridgehead atoms. The number of aryl methyl sites for hydroxylation is 1. The first kappa shape index (κ1) is 23.8. The van der Waals surface area contributed by atoms with Crippen LogP contribution in [0.3, 0.4) is 0 Å². The molecule has 186 valence electrons. The number of nitrogens with one attached hydrogen (secondary N) is 2. The molecule has 2 aromatic heterocycles. The van der Waals surface area contributed by atoms with Gasteiger partial charge in [0.15, 0.2) is 0 Å². The first-order valence-electron chi connectivity index (χ1n) is 12.4. The first-order valence-corrected chi connectivity index (χ1v) is 12.4. The van der Waals surface area contributed by atoms with Crippen molar-refractivity contribution >= 4 is 23.2 Å². The number of amides is 1. The number of rotatable bonds is 7. The quantitative estimate of drug-likeness (QED) is 0.462. The van der Waals surface area contributed by atoms with Crippen LogP contribution in [0.4, 0.5) is 17.3 Å². The third kappa shape index (κ3) is 4.38. The summed E-state index contributed by atoms with van der Waals surface area (Å²) in [5.74, 6) is 0.527. The summed E-state index contributed by atoms with van der Waals surface area (Å²) in [5, 5.41) is 30.0. The highest BCUT2D eigenvalue weighted by Crippen LogP contribution is 2.39. The molecule has 0 radical (unpaired) electrons. The van der Waals surface area contributed by atoms with Crippen LogP contribution in [0.25, 0.3) is 11.3 Å². The van der Waals surface area contributed by atoms with E-state index >= 15 is 0 Å². The topological polar surface area (TPSA) is 132 Å². The fourth-order valence-electron chi connectivity index (χ4n) is 5.04. The van der Waals surface area contributed by atoms with E-state index in [4.69, 9.17) is 4.98 Å². The zero-order valence-corrected chi connectivity index (χ0v) is 20.5. The molecule has 2 aliphatic rings. The van der Waals surface area contributed by atoms with E-state index in [0.717, 1.165) is 36.2 Å². The number of fused-ring (bicyclic) bond motifs is 2. The molecule has 3 N–H and O–H groups in total. The summed E-state index contributed by atoms with van der Waals surface area (Å²) in [6.45, 7) is 6.29. The van der Waals surface area contributed by atoms with Gasteiger partial charge in [0.25, 0.3) is 5.91 Å². The number of nitrogens with zero attached hydrogens (tertiary/aromatic N) is 6. The Labute approximate surface area is 210 Å². The van der Waals surface area contributed by atoms with Gasteiger partial charge < -0.3 is 20.6 Å². The summed E-state index contributed by atoms with van der Waals surface area (Å²) >= 11 is 0. The molecule has 1 atom stereocenters. The van der Waals surface area contributed by atoms with E-state index in [-0.39, 0.29) is 24.5 Å². The van der Waals surface area contributed by atoms with E-state index in [0.29, 0.717) is 48.1 Å². The molecule has 0 spiro atoms. The van der Waals surface area contributed by atoms with Crippen molar-refractivity contribution < 1.29 is 9.90 Å². The Kier molecular flexibility index (Phi) is 6.57. The van der Waals surface area contributed by atoms with Crippen LogP contribution < -0.4 is 10.6 Å².